The third-order valence-corrected chi connectivity index (χ3v) is 5.92. The van der Waals surface area contributed by atoms with E-state index in [0.717, 1.165) is 43.4 Å². The molecular formula is C22H27NO4S. The van der Waals surface area contributed by atoms with Crippen LogP contribution in [0.25, 0.3) is 0 Å². The van der Waals surface area contributed by atoms with Gasteiger partial charge in [0, 0.05) is 10.4 Å². The second kappa shape index (κ2) is 9.73. The molecule has 6 heteroatoms. The van der Waals surface area contributed by atoms with Crippen molar-refractivity contribution in [2.75, 3.05) is 18.5 Å². The van der Waals surface area contributed by atoms with Gasteiger partial charge in [0.1, 0.15) is 10.8 Å². The fraction of sp³-hybridized carbons (Fsp3) is 0.455. The first-order valence-electron chi connectivity index (χ1n) is 9.99. The van der Waals surface area contributed by atoms with Crippen molar-refractivity contribution in [1.82, 2.24) is 0 Å². The monoisotopic (exact) mass is 401 g/mol. The van der Waals surface area contributed by atoms with E-state index in [-0.39, 0.29) is 11.9 Å². The van der Waals surface area contributed by atoms with Crippen LogP contribution in [-0.4, -0.2) is 25.1 Å². The van der Waals surface area contributed by atoms with Crippen molar-refractivity contribution >= 4 is 28.2 Å². The van der Waals surface area contributed by atoms with Gasteiger partial charge in [0.05, 0.1) is 18.8 Å². The minimum atomic E-state index is -0.330. The van der Waals surface area contributed by atoms with Gasteiger partial charge in [-0.1, -0.05) is 13.3 Å². The summed E-state index contributed by atoms with van der Waals surface area (Å²) in [4.78, 5) is 26.7. The highest BCUT2D eigenvalue weighted by molar-refractivity contribution is 7.17. The predicted molar refractivity (Wildman–Crippen MR) is 112 cm³/mol. The molecule has 0 radical (unpaired) electrons. The number of amides is 1. The first-order chi connectivity index (χ1) is 13.6. The molecule has 0 atom stereocenters. The topological polar surface area (TPSA) is 64.6 Å². The molecule has 1 aliphatic carbocycles. The molecule has 1 amide bonds. The molecule has 0 fully saturated rings. The van der Waals surface area contributed by atoms with E-state index in [1.165, 1.54) is 22.6 Å². The van der Waals surface area contributed by atoms with Crippen LogP contribution in [0.15, 0.2) is 24.3 Å². The van der Waals surface area contributed by atoms with Crippen LogP contribution in [0.4, 0.5) is 5.00 Å². The first-order valence-corrected chi connectivity index (χ1v) is 10.8. The van der Waals surface area contributed by atoms with Crippen LogP contribution < -0.4 is 10.1 Å². The lowest BCUT2D eigenvalue weighted by atomic mass is 10.1. The second-order valence-electron chi connectivity index (χ2n) is 6.82. The Morgan fingerprint density at radius 2 is 1.82 bits per heavy atom. The number of fused-ring (bicyclic) bond motifs is 1. The number of hydrogen-bond acceptors (Lipinski definition) is 5. The Morgan fingerprint density at radius 1 is 1.07 bits per heavy atom. The van der Waals surface area contributed by atoms with E-state index in [1.807, 2.05) is 13.8 Å². The van der Waals surface area contributed by atoms with Gasteiger partial charge in [-0.25, -0.2) is 4.79 Å². The Labute approximate surface area is 170 Å². The molecule has 5 nitrogen and oxygen atoms in total. The summed E-state index contributed by atoms with van der Waals surface area (Å²) in [5.74, 6) is 0.165. The highest BCUT2D eigenvalue weighted by atomic mass is 32.1. The van der Waals surface area contributed by atoms with Crippen LogP contribution in [0, 0.1) is 0 Å². The van der Waals surface area contributed by atoms with E-state index < -0.39 is 0 Å². The van der Waals surface area contributed by atoms with Crippen molar-refractivity contribution < 1.29 is 19.1 Å². The summed E-state index contributed by atoms with van der Waals surface area (Å²) in [6.45, 7) is 4.85. The number of thiophene rings is 1. The van der Waals surface area contributed by atoms with Crippen LogP contribution >= 0.6 is 11.3 Å². The molecule has 1 aromatic heterocycles. The quantitative estimate of drug-likeness (QED) is 0.509. The summed E-state index contributed by atoms with van der Waals surface area (Å²) in [7, 11) is 0. The van der Waals surface area contributed by atoms with Gasteiger partial charge in [-0.15, -0.1) is 11.3 Å². The normalized spacial score (nSPS) is 13.4. The molecule has 1 aromatic carbocycles. The Morgan fingerprint density at radius 3 is 2.54 bits per heavy atom. The first kappa shape index (κ1) is 20.4. The number of aryl methyl sites for hydroxylation is 1. The third kappa shape index (κ3) is 4.73. The minimum Gasteiger partial charge on any atom is -0.494 e. The number of ether oxygens (including phenoxy) is 2. The third-order valence-electron chi connectivity index (χ3n) is 4.72. The smallest absolute Gasteiger partial charge is 0.341 e. The molecule has 1 heterocycles. The second-order valence-corrected chi connectivity index (χ2v) is 7.92. The maximum Gasteiger partial charge on any atom is 0.341 e. The van der Waals surface area contributed by atoms with Gasteiger partial charge in [-0.05, 0) is 68.9 Å². The molecule has 0 unspecified atom stereocenters. The predicted octanol–water partition coefficient (Wildman–Crippen LogP) is 5.23. The van der Waals surface area contributed by atoms with Crippen molar-refractivity contribution in [2.24, 2.45) is 0 Å². The molecule has 0 saturated carbocycles. The standard InChI is InChI=1S/C22H27NO4S/c1-3-14-27-22(25)19-17-8-6-5-7-9-18(17)28-21(19)23-20(24)15-10-12-16(13-11-15)26-4-2/h10-13H,3-9,14H2,1-2H3,(H,23,24). The van der Waals surface area contributed by atoms with Crippen LogP contribution in [-0.2, 0) is 17.6 Å². The average Bonchev–Trinajstić information content (AvgIpc) is 2.87. The Balaban J connectivity index is 1.85. The van der Waals surface area contributed by atoms with Crippen molar-refractivity contribution in [1.29, 1.82) is 0 Å². The zero-order valence-corrected chi connectivity index (χ0v) is 17.3. The number of anilines is 1. The zero-order valence-electron chi connectivity index (χ0n) is 16.5. The van der Waals surface area contributed by atoms with Gasteiger partial charge in [0.15, 0.2) is 0 Å². The van der Waals surface area contributed by atoms with Gasteiger partial charge in [-0.3, -0.25) is 4.79 Å². The van der Waals surface area contributed by atoms with Gasteiger partial charge in [-0.2, -0.15) is 0 Å². The zero-order chi connectivity index (χ0) is 19.9. The number of carbonyl (C=O) groups excluding carboxylic acids is 2. The minimum absolute atomic E-state index is 0.232. The fourth-order valence-corrected chi connectivity index (χ4v) is 4.63. The molecule has 0 bridgehead atoms. The maximum atomic E-state index is 12.8. The molecule has 0 saturated heterocycles. The van der Waals surface area contributed by atoms with Crippen LogP contribution in [0.5, 0.6) is 5.75 Å². The number of carbonyl (C=O) groups is 2. The van der Waals surface area contributed by atoms with Crippen molar-refractivity contribution in [2.45, 2.75) is 52.4 Å². The van der Waals surface area contributed by atoms with Crippen molar-refractivity contribution in [3.63, 3.8) is 0 Å². The van der Waals surface area contributed by atoms with Crippen LogP contribution in [0.1, 0.15) is 70.7 Å². The lowest BCUT2D eigenvalue weighted by Crippen LogP contribution is -2.15. The summed E-state index contributed by atoms with van der Waals surface area (Å²) < 4.78 is 10.8. The molecule has 1 N–H and O–H groups in total. The molecule has 3 rings (SSSR count). The van der Waals surface area contributed by atoms with Gasteiger partial charge in [0.25, 0.3) is 5.91 Å². The number of nitrogens with one attached hydrogen (secondary N) is 1. The number of benzene rings is 1. The molecule has 150 valence electrons. The van der Waals surface area contributed by atoms with Gasteiger partial charge < -0.3 is 14.8 Å². The molecular weight excluding hydrogens is 374 g/mol. The fourth-order valence-electron chi connectivity index (χ4n) is 3.36. The summed E-state index contributed by atoms with van der Waals surface area (Å²) in [5, 5.41) is 3.55. The van der Waals surface area contributed by atoms with E-state index in [9.17, 15) is 9.59 Å². The Bertz CT molecular complexity index is 826. The van der Waals surface area contributed by atoms with Crippen molar-refractivity contribution in [3.8, 4) is 5.75 Å². The average molecular weight is 402 g/mol. The van der Waals surface area contributed by atoms with E-state index in [0.29, 0.717) is 29.3 Å². The highest BCUT2D eigenvalue weighted by Crippen LogP contribution is 2.38. The SMILES string of the molecule is CCCOC(=O)c1c(NC(=O)c2ccc(OCC)cc2)sc2c1CCCCC2. The van der Waals surface area contributed by atoms with E-state index in [2.05, 4.69) is 5.32 Å². The molecule has 0 spiro atoms. The van der Waals surface area contributed by atoms with E-state index in [1.54, 1.807) is 24.3 Å². The summed E-state index contributed by atoms with van der Waals surface area (Å²) in [6.07, 6.45) is 5.92. The molecule has 28 heavy (non-hydrogen) atoms. The summed E-state index contributed by atoms with van der Waals surface area (Å²) >= 11 is 1.51. The molecule has 1 aliphatic rings. The summed E-state index contributed by atoms with van der Waals surface area (Å²) in [5.41, 5.74) is 2.14. The van der Waals surface area contributed by atoms with E-state index in [4.69, 9.17) is 9.47 Å². The van der Waals surface area contributed by atoms with Gasteiger partial charge in [0.2, 0.25) is 0 Å². The molecule has 0 aliphatic heterocycles. The van der Waals surface area contributed by atoms with Gasteiger partial charge >= 0.3 is 5.97 Å². The highest BCUT2D eigenvalue weighted by Gasteiger charge is 2.26. The summed E-state index contributed by atoms with van der Waals surface area (Å²) in [6, 6.07) is 7.01. The lowest BCUT2D eigenvalue weighted by molar-refractivity contribution is 0.0505. The maximum absolute atomic E-state index is 12.8. The largest absolute Gasteiger partial charge is 0.494 e. The number of esters is 1. The molecule has 2 aromatic rings. The number of rotatable bonds is 7. The lowest BCUT2D eigenvalue weighted by Gasteiger charge is -2.09. The van der Waals surface area contributed by atoms with Crippen LogP contribution in [0.3, 0.4) is 0 Å². The number of hydrogen-bond donors (Lipinski definition) is 1. The van der Waals surface area contributed by atoms with E-state index >= 15 is 0 Å². The Hall–Kier alpha value is -2.34. The van der Waals surface area contributed by atoms with Crippen molar-refractivity contribution in [3.05, 3.63) is 45.8 Å². The Kier molecular flexibility index (Phi) is 7.09. The van der Waals surface area contributed by atoms with Crippen LogP contribution in [0.2, 0.25) is 0 Å².